The van der Waals surface area contributed by atoms with Gasteiger partial charge in [-0.05, 0) is 13.8 Å². The van der Waals surface area contributed by atoms with Crippen molar-refractivity contribution in [3.8, 4) is 0 Å². The van der Waals surface area contributed by atoms with Gasteiger partial charge in [0, 0.05) is 6.61 Å². The number of ether oxygens (including phenoxy) is 2. The zero-order valence-corrected chi connectivity index (χ0v) is 7.11. The van der Waals surface area contributed by atoms with Crippen molar-refractivity contribution in [2.45, 2.75) is 12.2 Å². The van der Waals surface area contributed by atoms with Gasteiger partial charge in [0.15, 0.2) is 0 Å². The van der Waals surface area contributed by atoms with Crippen LogP contribution in [0.5, 0.6) is 0 Å². The molecule has 0 heterocycles. The fraction of sp³-hybridized carbons (Fsp3) is 0.750. The predicted molar refractivity (Wildman–Crippen MR) is 44.4 cm³/mol. The lowest BCUT2D eigenvalue weighted by Gasteiger charge is -2.13. The zero-order chi connectivity index (χ0) is 9.40. The van der Waals surface area contributed by atoms with E-state index in [9.17, 15) is 0 Å². The number of rotatable bonds is 7. The van der Waals surface area contributed by atoms with Crippen molar-refractivity contribution in [2.75, 3.05) is 26.4 Å². The summed E-state index contributed by atoms with van der Waals surface area (Å²) in [6, 6.07) is 0. The predicted octanol–water partition coefficient (Wildman–Crippen LogP) is -0.590. The number of hydrogen-bond donors (Lipinski definition) is 2. The van der Waals surface area contributed by atoms with Crippen molar-refractivity contribution in [3.05, 3.63) is 13.8 Å². The van der Waals surface area contributed by atoms with Crippen molar-refractivity contribution < 1.29 is 19.7 Å². The second-order valence-electron chi connectivity index (χ2n) is 2.37. The minimum absolute atomic E-state index is 0.100. The first-order valence-electron chi connectivity index (χ1n) is 3.81. The van der Waals surface area contributed by atoms with E-state index >= 15 is 0 Å². The molecule has 0 saturated heterocycles. The molecule has 0 bridgehead atoms. The van der Waals surface area contributed by atoms with Crippen LogP contribution >= 0.6 is 0 Å². The molecule has 72 valence electrons. The second-order valence-corrected chi connectivity index (χ2v) is 2.37. The molecule has 0 saturated carbocycles. The number of hydrogen-bond acceptors (Lipinski definition) is 4. The Morgan fingerprint density at radius 3 is 2.50 bits per heavy atom. The summed E-state index contributed by atoms with van der Waals surface area (Å²) in [7, 11) is 0. The maximum absolute atomic E-state index is 8.85. The third kappa shape index (κ3) is 6.54. The van der Waals surface area contributed by atoms with Crippen LogP contribution in [-0.4, -0.2) is 48.8 Å². The van der Waals surface area contributed by atoms with Crippen LogP contribution in [0.3, 0.4) is 0 Å². The zero-order valence-electron chi connectivity index (χ0n) is 7.11. The third-order valence-electron chi connectivity index (χ3n) is 1.18. The van der Waals surface area contributed by atoms with Crippen molar-refractivity contribution in [1.82, 2.24) is 0 Å². The lowest BCUT2D eigenvalue weighted by atomic mass is 10.4. The Bertz CT molecular complexity index is 97.1. The smallest absolute Gasteiger partial charge is 0.100 e. The highest BCUT2D eigenvalue weighted by Crippen LogP contribution is 1.92. The largest absolute Gasteiger partial charge is 0.394 e. The molecule has 0 rings (SSSR count). The highest BCUT2D eigenvalue weighted by Gasteiger charge is 2.04. The van der Waals surface area contributed by atoms with E-state index < -0.39 is 6.10 Å². The molecule has 0 aliphatic heterocycles. The van der Waals surface area contributed by atoms with E-state index in [0.29, 0.717) is 13.2 Å². The van der Waals surface area contributed by atoms with Crippen LogP contribution in [0.2, 0.25) is 0 Å². The van der Waals surface area contributed by atoms with Crippen molar-refractivity contribution in [3.63, 3.8) is 0 Å². The molecule has 4 heteroatoms. The summed E-state index contributed by atoms with van der Waals surface area (Å²) < 4.78 is 9.94. The van der Waals surface area contributed by atoms with Crippen LogP contribution in [0, 0.1) is 13.8 Å². The van der Waals surface area contributed by atoms with E-state index in [0.717, 1.165) is 0 Å². The van der Waals surface area contributed by atoms with Gasteiger partial charge in [0.1, 0.15) is 6.10 Å². The lowest BCUT2D eigenvalue weighted by Crippen LogP contribution is -2.24. The quantitative estimate of drug-likeness (QED) is 0.544. The topological polar surface area (TPSA) is 58.9 Å². The summed E-state index contributed by atoms with van der Waals surface area (Å²) >= 11 is 0. The minimum Gasteiger partial charge on any atom is -0.394 e. The van der Waals surface area contributed by atoms with Crippen LogP contribution in [0.15, 0.2) is 0 Å². The van der Waals surface area contributed by atoms with E-state index in [1.54, 1.807) is 0 Å². The average Bonchev–Trinajstić information content (AvgIpc) is 2.04. The second kappa shape index (κ2) is 7.49. The van der Waals surface area contributed by atoms with Gasteiger partial charge in [-0.2, -0.15) is 0 Å². The molecule has 0 aromatic heterocycles. The standard InChI is InChI=1S/C8H16O4/c1-3-12-7(2)5-11-6-8(10)4-9/h7-10H,1-6H2. The molecular weight excluding hydrogens is 160 g/mol. The van der Waals surface area contributed by atoms with Crippen LogP contribution in [0.25, 0.3) is 0 Å². The van der Waals surface area contributed by atoms with Gasteiger partial charge < -0.3 is 19.7 Å². The van der Waals surface area contributed by atoms with E-state index in [4.69, 9.17) is 19.7 Å². The molecule has 0 aromatic rings. The van der Waals surface area contributed by atoms with E-state index in [-0.39, 0.29) is 19.3 Å². The molecule has 0 aliphatic carbocycles. The third-order valence-corrected chi connectivity index (χ3v) is 1.18. The van der Waals surface area contributed by atoms with Gasteiger partial charge >= 0.3 is 0 Å². The molecule has 2 N–H and O–H groups in total. The molecule has 0 aliphatic rings. The summed E-state index contributed by atoms with van der Waals surface area (Å²) in [6.07, 6.45) is -1.09. The van der Waals surface area contributed by atoms with Crippen LogP contribution in [0.4, 0.5) is 0 Å². The first-order chi connectivity index (χ1) is 5.70. The number of aliphatic hydroxyl groups is 2. The Kier molecular flexibility index (Phi) is 7.39. The molecule has 0 fully saturated rings. The maximum Gasteiger partial charge on any atom is 0.100 e. The molecule has 2 unspecified atom stereocenters. The van der Waals surface area contributed by atoms with Gasteiger partial charge in [-0.1, -0.05) is 0 Å². The van der Waals surface area contributed by atoms with E-state index in [2.05, 4.69) is 13.8 Å². The summed E-state index contributed by atoms with van der Waals surface area (Å²) in [5.41, 5.74) is 0. The molecule has 2 radical (unpaired) electrons. The fourth-order valence-corrected chi connectivity index (χ4v) is 0.603. The SMILES string of the molecule is [CH2]COC([CH2])COCC(O)CO. The van der Waals surface area contributed by atoms with Gasteiger partial charge in [-0.3, -0.25) is 0 Å². The summed E-state index contributed by atoms with van der Waals surface area (Å²) in [4.78, 5) is 0. The molecule has 0 aromatic carbocycles. The molecule has 4 nitrogen and oxygen atoms in total. The molecular formula is C8H16O4. The monoisotopic (exact) mass is 176 g/mol. The fourth-order valence-electron chi connectivity index (χ4n) is 0.603. The van der Waals surface area contributed by atoms with Gasteiger partial charge in [0.05, 0.1) is 25.9 Å². The molecule has 0 amide bonds. The van der Waals surface area contributed by atoms with Crippen LogP contribution in [-0.2, 0) is 9.47 Å². The average molecular weight is 176 g/mol. The summed E-state index contributed by atoms with van der Waals surface area (Å²) in [5.74, 6) is 0. The normalized spacial score (nSPS) is 16.0. The van der Waals surface area contributed by atoms with E-state index in [1.807, 2.05) is 0 Å². The molecule has 0 spiro atoms. The van der Waals surface area contributed by atoms with Crippen LogP contribution in [0.1, 0.15) is 0 Å². The Labute approximate surface area is 73.1 Å². The Hall–Kier alpha value is -0.160. The summed E-state index contributed by atoms with van der Waals surface area (Å²) in [6.45, 7) is 7.55. The van der Waals surface area contributed by atoms with Gasteiger partial charge in [0.2, 0.25) is 0 Å². The van der Waals surface area contributed by atoms with E-state index in [1.165, 1.54) is 0 Å². The van der Waals surface area contributed by atoms with Gasteiger partial charge in [-0.15, -0.1) is 0 Å². The first kappa shape index (κ1) is 11.8. The highest BCUT2D eigenvalue weighted by molar-refractivity contribution is 4.59. The van der Waals surface area contributed by atoms with Gasteiger partial charge in [0.25, 0.3) is 0 Å². The van der Waals surface area contributed by atoms with Crippen molar-refractivity contribution >= 4 is 0 Å². The Balaban J connectivity index is 3.18. The van der Waals surface area contributed by atoms with Crippen LogP contribution < -0.4 is 0 Å². The molecule has 12 heavy (non-hydrogen) atoms. The van der Waals surface area contributed by atoms with Crippen molar-refractivity contribution in [2.24, 2.45) is 0 Å². The summed E-state index contributed by atoms with van der Waals surface area (Å²) in [5, 5.41) is 17.3. The maximum atomic E-state index is 8.85. The number of aliphatic hydroxyl groups excluding tert-OH is 2. The molecule has 2 atom stereocenters. The van der Waals surface area contributed by atoms with Crippen molar-refractivity contribution in [1.29, 1.82) is 0 Å². The minimum atomic E-state index is -0.822. The first-order valence-corrected chi connectivity index (χ1v) is 3.81. The highest BCUT2D eigenvalue weighted by atomic mass is 16.5. The Morgan fingerprint density at radius 2 is 2.00 bits per heavy atom. The van der Waals surface area contributed by atoms with Gasteiger partial charge in [-0.25, -0.2) is 0 Å². The Morgan fingerprint density at radius 1 is 1.33 bits per heavy atom. The lowest BCUT2D eigenvalue weighted by molar-refractivity contribution is -0.0299.